The Labute approximate surface area is 113 Å². The summed E-state index contributed by atoms with van der Waals surface area (Å²) in [4.78, 5) is 0. The Balaban J connectivity index is 4.27. The number of nitrogens with one attached hydrogen (secondary N) is 1. The van der Waals surface area contributed by atoms with E-state index in [-0.39, 0.29) is 5.54 Å². The SMILES string of the molecule is C=C(/C=C\C=C(/C)C#CC)C(C)CNC(C)(C)C. The molecule has 18 heavy (non-hydrogen) atoms. The van der Waals surface area contributed by atoms with Crippen LogP contribution in [-0.2, 0) is 0 Å². The van der Waals surface area contributed by atoms with Crippen molar-refractivity contribution in [3.05, 3.63) is 36.0 Å². The van der Waals surface area contributed by atoms with Gasteiger partial charge in [-0.3, -0.25) is 0 Å². The molecule has 0 saturated heterocycles. The quantitative estimate of drug-likeness (QED) is 0.568. The van der Waals surface area contributed by atoms with Crippen LogP contribution in [0.15, 0.2) is 36.0 Å². The molecular weight excluding hydrogens is 218 g/mol. The number of hydrogen-bond donors (Lipinski definition) is 1. The number of rotatable bonds is 5. The van der Waals surface area contributed by atoms with E-state index in [1.807, 2.05) is 26.0 Å². The van der Waals surface area contributed by atoms with Gasteiger partial charge in [-0.15, -0.1) is 5.92 Å². The molecule has 0 aromatic heterocycles. The minimum Gasteiger partial charge on any atom is -0.311 e. The molecule has 0 heterocycles. The number of hydrogen-bond acceptors (Lipinski definition) is 1. The monoisotopic (exact) mass is 245 g/mol. The Morgan fingerprint density at radius 1 is 1.39 bits per heavy atom. The first kappa shape index (κ1) is 16.7. The molecule has 0 saturated carbocycles. The molecule has 0 rings (SSSR count). The van der Waals surface area contributed by atoms with Crippen molar-refractivity contribution in [2.24, 2.45) is 5.92 Å². The minimum absolute atomic E-state index is 0.158. The van der Waals surface area contributed by atoms with Gasteiger partial charge in [-0.2, -0.15) is 0 Å². The van der Waals surface area contributed by atoms with Crippen LogP contribution in [0.3, 0.4) is 0 Å². The summed E-state index contributed by atoms with van der Waals surface area (Å²) in [5.41, 5.74) is 2.37. The minimum atomic E-state index is 0.158. The molecule has 0 aromatic rings. The lowest BCUT2D eigenvalue weighted by molar-refractivity contribution is 0.402. The summed E-state index contributed by atoms with van der Waals surface area (Å²) >= 11 is 0. The van der Waals surface area contributed by atoms with Crippen molar-refractivity contribution in [1.82, 2.24) is 5.32 Å². The maximum atomic E-state index is 4.11. The van der Waals surface area contributed by atoms with Crippen molar-refractivity contribution in [3.8, 4) is 11.8 Å². The van der Waals surface area contributed by atoms with Crippen molar-refractivity contribution in [2.75, 3.05) is 6.54 Å². The lowest BCUT2D eigenvalue weighted by atomic mass is 10.00. The summed E-state index contributed by atoms with van der Waals surface area (Å²) < 4.78 is 0. The molecule has 0 fully saturated rings. The zero-order valence-electron chi connectivity index (χ0n) is 12.7. The fourth-order valence-electron chi connectivity index (χ4n) is 1.31. The predicted octanol–water partition coefficient (Wildman–Crippen LogP) is 4.09. The second kappa shape index (κ2) is 7.95. The maximum absolute atomic E-state index is 4.11. The molecule has 0 aliphatic rings. The van der Waals surface area contributed by atoms with Gasteiger partial charge in [0.15, 0.2) is 0 Å². The van der Waals surface area contributed by atoms with Crippen LogP contribution in [0, 0.1) is 17.8 Å². The fourth-order valence-corrected chi connectivity index (χ4v) is 1.31. The van der Waals surface area contributed by atoms with Crippen LogP contribution in [0.4, 0.5) is 0 Å². The first-order chi connectivity index (χ1) is 8.26. The van der Waals surface area contributed by atoms with E-state index in [0.717, 1.165) is 17.7 Å². The summed E-state index contributed by atoms with van der Waals surface area (Å²) in [5, 5.41) is 3.49. The first-order valence-corrected chi connectivity index (χ1v) is 6.48. The van der Waals surface area contributed by atoms with E-state index >= 15 is 0 Å². The van der Waals surface area contributed by atoms with Crippen LogP contribution in [0.5, 0.6) is 0 Å². The average Bonchev–Trinajstić information content (AvgIpc) is 2.25. The van der Waals surface area contributed by atoms with E-state index < -0.39 is 0 Å². The highest BCUT2D eigenvalue weighted by Gasteiger charge is 2.11. The third-order valence-corrected chi connectivity index (χ3v) is 2.55. The standard InChI is InChI=1S/C17H27N/c1-8-10-14(2)11-9-12-15(3)16(4)13-18-17(5,6)7/h9,11-12,16,18H,3,13H2,1-2,4-7H3/b12-9-,14-11+. The van der Waals surface area contributed by atoms with E-state index in [1.165, 1.54) is 0 Å². The fraction of sp³-hybridized carbons (Fsp3) is 0.529. The van der Waals surface area contributed by atoms with Gasteiger partial charge in [0.1, 0.15) is 0 Å². The van der Waals surface area contributed by atoms with Crippen molar-refractivity contribution >= 4 is 0 Å². The molecular formula is C17H27N. The molecule has 1 atom stereocenters. The topological polar surface area (TPSA) is 12.0 Å². The van der Waals surface area contributed by atoms with E-state index in [1.54, 1.807) is 0 Å². The van der Waals surface area contributed by atoms with Crippen LogP contribution in [0.2, 0.25) is 0 Å². The first-order valence-electron chi connectivity index (χ1n) is 6.48. The Hall–Kier alpha value is -1.26. The van der Waals surface area contributed by atoms with Crippen molar-refractivity contribution in [1.29, 1.82) is 0 Å². The molecule has 1 unspecified atom stereocenters. The van der Waals surface area contributed by atoms with Crippen LogP contribution in [0.1, 0.15) is 41.5 Å². The summed E-state index contributed by atoms with van der Waals surface area (Å²) in [6.45, 7) is 17.6. The lowest BCUT2D eigenvalue weighted by Gasteiger charge is -2.23. The van der Waals surface area contributed by atoms with Gasteiger partial charge in [0.2, 0.25) is 0 Å². The Morgan fingerprint density at radius 3 is 2.50 bits per heavy atom. The molecule has 0 amide bonds. The zero-order chi connectivity index (χ0) is 14.2. The van der Waals surface area contributed by atoms with Gasteiger partial charge in [-0.1, -0.05) is 43.2 Å². The highest BCUT2D eigenvalue weighted by atomic mass is 14.9. The molecule has 0 radical (unpaired) electrons. The van der Waals surface area contributed by atoms with Crippen molar-refractivity contribution in [3.63, 3.8) is 0 Å². The molecule has 0 bridgehead atoms. The second-order valence-corrected chi connectivity index (χ2v) is 5.69. The van der Waals surface area contributed by atoms with Gasteiger partial charge >= 0.3 is 0 Å². The Bertz CT molecular complexity index is 380. The highest BCUT2D eigenvalue weighted by molar-refractivity contribution is 5.31. The molecule has 0 aliphatic heterocycles. The molecule has 1 heteroatoms. The average molecular weight is 245 g/mol. The lowest BCUT2D eigenvalue weighted by Crippen LogP contribution is -2.38. The van der Waals surface area contributed by atoms with Gasteiger partial charge in [0.25, 0.3) is 0 Å². The molecule has 1 nitrogen and oxygen atoms in total. The van der Waals surface area contributed by atoms with Gasteiger partial charge < -0.3 is 5.32 Å². The van der Waals surface area contributed by atoms with Crippen molar-refractivity contribution < 1.29 is 0 Å². The molecule has 1 N–H and O–H groups in total. The Kier molecular flexibility index (Phi) is 7.39. The van der Waals surface area contributed by atoms with E-state index in [4.69, 9.17) is 0 Å². The molecule has 0 aliphatic carbocycles. The predicted molar refractivity (Wildman–Crippen MR) is 82.4 cm³/mol. The highest BCUT2D eigenvalue weighted by Crippen LogP contribution is 2.11. The van der Waals surface area contributed by atoms with Gasteiger partial charge in [-0.25, -0.2) is 0 Å². The third kappa shape index (κ3) is 8.84. The third-order valence-electron chi connectivity index (χ3n) is 2.55. The summed E-state index contributed by atoms with van der Waals surface area (Å²) in [7, 11) is 0. The second-order valence-electron chi connectivity index (χ2n) is 5.69. The normalized spacial score (nSPS) is 14.2. The van der Waals surface area contributed by atoms with Crippen LogP contribution in [0.25, 0.3) is 0 Å². The summed E-state index contributed by atoms with van der Waals surface area (Å²) in [5.74, 6) is 6.33. The number of allylic oxidation sites excluding steroid dienone is 4. The molecule has 0 aromatic carbocycles. The van der Waals surface area contributed by atoms with E-state index in [9.17, 15) is 0 Å². The summed E-state index contributed by atoms with van der Waals surface area (Å²) in [6, 6.07) is 0. The smallest absolute Gasteiger partial charge is 0.00967 e. The van der Waals surface area contributed by atoms with Crippen LogP contribution in [-0.4, -0.2) is 12.1 Å². The van der Waals surface area contributed by atoms with Crippen LogP contribution < -0.4 is 5.32 Å². The van der Waals surface area contributed by atoms with Gasteiger partial charge in [-0.05, 0) is 46.1 Å². The summed E-state index contributed by atoms with van der Waals surface area (Å²) in [6.07, 6.45) is 6.11. The van der Waals surface area contributed by atoms with Gasteiger partial charge in [0.05, 0.1) is 0 Å². The van der Waals surface area contributed by atoms with E-state index in [0.29, 0.717) is 5.92 Å². The van der Waals surface area contributed by atoms with Gasteiger partial charge in [0, 0.05) is 12.1 Å². The van der Waals surface area contributed by atoms with Crippen LogP contribution >= 0.6 is 0 Å². The maximum Gasteiger partial charge on any atom is 0.00967 e. The zero-order valence-corrected chi connectivity index (χ0v) is 12.7. The van der Waals surface area contributed by atoms with E-state index in [2.05, 4.69) is 57.5 Å². The van der Waals surface area contributed by atoms with Crippen molar-refractivity contribution in [2.45, 2.75) is 47.1 Å². The largest absolute Gasteiger partial charge is 0.311 e. The molecule has 100 valence electrons. The molecule has 0 spiro atoms. The Morgan fingerprint density at radius 2 is 2.00 bits per heavy atom.